The van der Waals surface area contributed by atoms with Crippen LogP contribution in [0.3, 0.4) is 0 Å². The van der Waals surface area contributed by atoms with Crippen LogP contribution in [0, 0.1) is 0 Å². The van der Waals surface area contributed by atoms with Crippen molar-refractivity contribution in [2.45, 2.75) is 19.4 Å². The minimum absolute atomic E-state index is 0.103. The Kier molecular flexibility index (Phi) is 4.70. The molecule has 1 amide bonds. The fraction of sp³-hybridized carbons (Fsp3) is 0.538. The molecule has 1 atom stereocenters. The maximum Gasteiger partial charge on any atom is 0.251 e. The summed E-state index contributed by atoms with van der Waals surface area (Å²) in [5, 5.41) is 0. The number of pyridine rings is 1. The van der Waals surface area contributed by atoms with Crippen molar-refractivity contribution in [3.63, 3.8) is 0 Å². The Morgan fingerprint density at radius 2 is 2.16 bits per heavy atom. The number of aromatic nitrogens is 1. The SMILES string of the molecule is CCC(C(=O)NN)N1CCN(c2ccccn2)CC1. The number of rotatable bonds is 4. The normalized spacial score (nSPS) is 18.1. The molecule has 19 heavy (non-hydrogen) atoms. The van der Waals surface area contributed by atoms with Crippen LogP contribution in [0.1, 0.15) is 13.3 Å². The highest BCUT2D eigenvalue weighted by Crippen LogP contribution is 2.15. The van der Waals surface area contributed by atoms with Crippen LogP contribution < -0.4 is 16.2 Å². The van der Waals surface area contributed by atoms with Gasteiger partial charge in [0.15, 0.2) is 0 Å². The molecule has 0 bridgehead atoms. The third kappa shape index (κ3) is 3.21. The first-order valence-corrected chi connectivity index (χ1v) is 6.66. The van der Waals surface area contributed by atoms with Gasteiger partial charge in [-0.3, -0.25) is 15.1 Å². The van der Waals surface area contributed by atoms with E-state index in [0.29, 0.717) is 0 Å². The second-order valence-corrected chi connectivity index (χ2v) is 4.64. The van der Waals surface area contributed by atoms with E-state index in [0.717, 1.165) is 38.4 Å². The van der Waals surface area contributed by atoms with Gasteiger partial charge in [0.1, 0.15) is 5.82 Å². The van der Waals surface area contributed by atoms with Gasteiger partial charge < -0.3 is 4.90 Å². The van der Waals surface area contributed by atoms with Gasteiger partial charge in [-0.25, -0.2) is 10.8 Å². The molecule has 2 rings (SSSR count). The van der Waals surface area contributed by atoms with E-state index in [-0.39, 0.29) is 11.9 Å². The van der Waals surface area contributed by atoms with Gasteiger partial charge >= 0.3 is 0 Å². The molecule has 1 fully saturated rings. The zero-order chi connectivity index (χ0) is 13.7. The Morgan fingerprint density at radius 3 is 2.68 bits per heavy atom. The van der Waals surface area contributed by atoms with Crippen LogP contribution in [0.25, 0.3) is 0 Å². The van der Waals surface area contributed by atoms with E-state index in [2.05, 4.69) is 20.2 Å². The van der Waals surface area contributed by atoms with Crippen molar-refractivity contribution in [1.29, 1.82) is 0 Å². The number of nitrogens with two attached hydrogens (primary N) is 1. The predicted molar refractivity (Wildman–Crippen MR) is 74.4 cm³/mol. The molecule has 6 heteroatoms. The number of hydrazine groups is 1. The monoisotopic (exact) mass is 263 g/mol. The number of hydrogen-bond donors (Lipinski definition) is 2. The van der Waals surface area contributed by atoms with Gasteiger partial charge in [-0.15, -0.1) is 0 Å². The van der Waals surface area contributed by atoms with E-state index in [1.807, 2.05) is 25.1 Å². The van der Waals surface area contributed by atoms with Crippen LogP contribution in [0.2, 0.25) is 0 Å². The predicted octanol–water partition coefficient (Wildman–Crippen LogP) is -0.0279. The number of nitrogens with zero attached hydrogens (tertiary/aromatic N) is 3. The van der Waals surface area contributed by atoms with E-state index < -0.39 is 0 Å². The largest absolute Gasteiger partial charge is 0.354 e. The molecule has 3 N–H and O–H groups in total. The van der Waals surface area contributed by atoms with Crippen LogP contribution >= 0.6 is 0 Å². The van der Waals surface area contributed by atoms with Gasteiger partial charge in [0.2, 0.25) is 0 Å². The molecule has 1 saturated heterocycles. The minimum atomic E-state index is -0.129. The summed E-state index contributed by atoms with van der Waals surface area (Å²) in [6.07, 6.45) is 2.57. The van der Waals surface area contributed by atoms with Crippen LogP contribution in [-0.2, 0) is 4.79 Å². The Bertz CT molecular complexity index is 403. The Morgan fingerprint density at radius 1 is 1.42 bits per heavy atom. The van der Waals surface area contributed by atoms with Crippen LogP contribution in [0.5, 0.6) is 0 Å². The molecular weight excluding hydrogens is 242 g/mol. The second kappa shape index (κ2) is 6.49. The summed E-state index contributed by atoms with van der Waals surface area (Å²) in [6, 6.07) is 5.79. The van der Waals surface area contributed by atoms with Gasteiger partial charge in [0, 0.05) is 32.4 Å². The lowest BCUT2D eigenvalue weighted by Gasteiger charge is -2.38. The number of carbonyl (C=O) groups excluding carboxylic acids is 1. The van der Waals surface area contributed by atoms with Gasteiger partial charge in [-0.2, -0.15) is 0 Å². The molecular formula is C13H21N5O. The number of nitrogens with one attached hydrogen (secondary N) is 1. The van der Waals surface area contributed by atoms with Crippen molar-refractivity contribution in [1.82, 2.24) is 15.3 Å². The van der Waals surface area contributed by atoms with Crippen molar-refractivity contribution in [3.05, 3.63) is 24.4 Å². The van der Waals surface area contributed by atoms with Crippen molar-refractivity contribution in [2.24, 2.45) is 5.84 Å². The summed E-state index contributed by atoms with van der Waals surface area (Å²) < 4.78 is 0. The average molecular weight is 263 g/mol. The number of piperazine rings is 1. The smallest absolute Gasteiger partial charge is 0.251 e. The van der Waals surface area contributed by atoms with E-state index in [1.165, 1.54) is 0 Å². The lowest BCUT2D eigenvalue weighted by atomic mass is 10.1. The number of carbonyl (C=O) groups is 1. The third-order valence-electron chi connectivity index (χ3n) is 3.56. The van der Waals surface area contributed by atoms with Crippen molar-refractivity contribution in [2.75, 3.05) is 31.1 Å². The molecule has 0 aliphatic carbocycles. The van der Waals surface area contributed by atoms with Gasteiger partial charge in [-0.1, -0.05) is 13.0 Å². The topological polar surface area (TPSA) is 74.5 Å². The molecule has 1 aliphatic rings. The third-order valence-corrected chi connectivity index (χ3v) is 3.56. The van der Waals surface area contributed by atoms with Crippen molar-refractivity contribution in [3.8, 4) is 0 Å². The molecule has 6 nitrogen and oxygen atoms in total. The molecule has 1 aliphatic heterocycles. The maximum atomic E-state index is 11.7. The van der Waals surface area contributed by atoms with E-state index in [4.69, 9.17) is 5.84 Å². The fourth-order valence-corrected chi connectivity index (χ4v) is 2.51. The highest BCUT2D eigenvalue weighted by Gasteiger charge is 2.27. The first-order chi connectivity index (χ1) is 9.26. The summed E-state index contributed by atoms with van der Waals surface area (Å²) in [5.74, 6) is 6.12. The van der Waals surface area contributed by atoms with E-state index in [1.54, 1.807) is 6.20 Å². The first-order valence-electron chi connectivity index (χ1n) is 6.66. The standard InChI is InChI=1S/C13H21N5O/c1-2-11(13(19)16-14)17-7-9-18(10-8-17)12-5-3-4-6-15-12/h3-6,11H,2,7-10,14H2,1H3,(H,16,19). The summed E-state index contributed by atoms with van der Waals surface area (Å²) in [5.41, 5.74) is 2.25. The van der Waals surface area contributed by atoms with Crippen LogP contribution in [0.15, 0.2) is 24.4 Å². The van der Waals surface area contributed by atoms with Crippen LogP contribution in [-0.4, -0.2) is 48.0 Å². The summed E-state index contributed by atoms with van der Waals surface area (Å²) in [7, 11) is 0. The Hall–Kier alpha value is -1.66. The number of hydrogen-bond acceptors (Lipinski definition) is 5. The Labute approximate surface area is 113 Å². The van der Waals surface area contributed by atoms with Crippen molar-refractivity contribution >= 4 is 11.7 Å². The second-order valence-electron chi connectivity index (χ2n) is 4.64. The highest BCUT2D eigenvalue weighted by molar-refractivity contribution is 5.81. The minimum Gasteiger partial charge on any atom is -0.354 e. The molecule has 1 unspecified atom stereocenters. The highest BCUT2D eigenvalue weighted by atomic mass is 16.2. The van der Waals surface area contributed by atoms with Crippen molar-refractivity contribution < 1.29 is 4.79 Å². The molecule has 0 spiro atoms. The van der Waals surface area contributed by atoms with Gasteiger partial charge in [0.05, 0.1) is 6.04 Å². The number of anilines is 1. The van der Waals surface area contributed by atoms with Crippen LogP contribution in [0.4, 0.5) is 5.82 Å². The molecule has 2 heterocycles. The quantitative estimate of drug-likeness (QED) is 0.453. The molecule has 1 aromatic heterocycles. The molecule has 104 valence electrons. The molecule has 0 radical (unpaired) electrons. The average Bonchev–Trinajstić information content (AvgIpc) is 2.49. The van der Waals surface area contributed by atoms with E-state index >= 15 is 0 Å². The maximum absolute atomic E-state index is 11.7. The first kappa shape index (κ1) is 13.8. The molecule has 1 aromatic rings. The molecule has 0 aromatic carbocycles. The lowest BCUT2D eigenvalue weighted by Crippen LogP contribution is -2.55. The molecule has 0 saturated carbocycles. The van der Waals surface area contributed by atoms with Gasteiger partial charge in [-0.05, 0) is 18.6 Å². The zero-order valence-electron chi connectivity index (χ0n) is 11.2. The van der Waals surface area contributed by atoms with E-state index in [9.17, 15) is 4.79 Å². The summed E-state index contributed by atoms with van der Waals surface area (Å²) in [6.45, 7) is 5.47. The Balaban J connectivity index is 1.93. The number of amides is 1. The summed E-state index contributed by atoms with van der Waals surface area (Å²) >= 11 is 0. The van der Waals surface area contributed by atoms with Gasteiger partial charge in [0.25, 0.3) is 5.91 Å². The fourth-order valence-electron chi connectivity index (χ4n) is 2.51. The summed E-state index contributed by atoms with van der Waals surface area (Å²) in [4.78, 5) is 20.5. The zero-order valence-corrected chi connectivity index (χ0v) is 11.2. The lowest BCUT2D eigenvalue weighted by molar-refractivity contribution is -0.126.